The summed E-state index contributed by atoms with van der Waals surface area (Å²) in [6.45, 7) is 7.41. The van der Waals surface area contributed by atoms with Gasteiger partial charge in [0.15, 0.2) is 6.61 Å². The van der Waals surface area contributed by atoms with Crippen LogP contribution in [0, 0.1) is 38.0 Å². The lowest BCUT2D eigenvalue weighted by Gasteiger charge is -2.30. The molecule has 1 aliphatic rings. The Morgan fingerprint density at radius 2 is 1.96 bits per heavy atom. The summed E-state index contributed by atoms with van der Waals surface area (Å²) in [5, 5.41) is 9.39. The number of rotatable bonds is 5. The monoisotopic (exact) mass is 368 g/mol. The molecule has 2 aromatic rings. The summed E-state index contributed by atoms with van der Waals surface area (Å²) in [6.07, 6.45) is 1.29. The van der Waals surface area contributed by atoms with Crippen LogP contribution in [0.4, 0.5) is 5.88 Å². The second kappa shape index (κ2) is 7.70. The number of aryl methyl sites for hydroxylation is 3. The molecule has 0 radical (unpaired) electrons. The quantitative estimate of drug-likeness (QED) is 0.870. The van der Waals surface area contributed by atoms with Crippen LogP contribution in [-0.2, 0) is 11.4 Å². The van der Waals surface area contributed by atoms with Crippen molar-refractivity contribution in [1.82, 2.24) is 4.98 Å². The number of anilines is 1. The van der Waals surface area contributed by atoms with Crippen molar-refractivity contribution in [2.75, 3.05) is 18.0 Å². The van der Waals surface area contributed by atoms with Crippen LogP contribution >= 0.6 is 0 Å². The molecular weight excluding hydrogens is 344 g/mol. The van der Waals surface area contributed by atoms with E-state index in [-0.39, 0.29) is 24.1 Å². The van der Waals surface area contributed by atoms with Gasteiger partial charge in [-0.1, -0.05) is 17.7 Å². The predicted molar refractivity (Wildman–Crippen MR) is 100 cm³/mol. The van der Waals surface area contributed by atoms with Crippen LogP contribution in [0.15, 0.2) is 16.5 Å². The molecule has 1 saturated heterocycles. The van der Waals surface area contributed by atoms with Gasteiger partial charge >= 0.3 is 0 Å². The Labute approximate surface area is 158 Å². The number of ether oxygens (including phenoxy) is 1. The molecule has 142 valence electrons. The molecule has 0 bridgehead atoms. The van der Waals surface area contributed by atoms with Gasteiger partial charge in [-0.25, -0.2) is 0 Å². The highest BCUT2D eigenvalue weighted by Crippen LogP contribution is 2.29. The molecule has 0 unspecified atom stereocenters. The highest BCUT2D eigenvalue weighted by molar-refractivity contribution is 5.77. The predicted octanol–water partition coefficient (Wildman–Crippen LogP) is 2.75. The van der Waals surface area contributed by atoms with Gasteiger partial charge in [0.2, 0.25) is 23.4 Å². The van der Waals surface area contributed by atoms with Gasteiger partial charge in [-0.05, 0) is 44.7 Å². The Hall–Kier alpha value is -3.01. The minimum absolute atomic E-state index is 0.120. The van der Waals surface area contributed by atoms with E-state index in [1.54, 1.807) is 0 Å². The molecule has 7 nitrogen and oxygen atoms in total. The number of oxazole rings is 1. The van der Waals surface area contributed by atoms with Gasteiger partial charge in [0.25, 0.3) is 0 Å². The number of benzene rings is 1. The topological polar surface area (TPSA) is 105 Å². The van der Waals surface area contributed by atoms with E-state index in [1.165, 1.54) is 5.56 Å². The Morgan fingerprint density at radius 3 is 2.52 bits per heavy atom. The molecule has 1 aliphatic heterocycles. The number of hydrogen-bond acceptors (Lipinski definition) is 6. The third-order valence-corrected chi connectivity index (χ3v) is 4.89. The molecule has 0 saturated carbocycles. The highest BCUT2D eigenvalue weighted by Gasteiger charge is 2.27. The normalized spacial score (nSPS) is 14.8. The van der Waals surface area contributed by atoms with Gasteiger partial charge in [-0.3, -0.25) is 4.79 Å². The number of aromatic nitrogens is 1. The van der Waals surface area contributed by atoms with Crippen molar-refractivity contribution in [2.24, 2.45) is 11.7 Å². The molecule has 3 rings (SSSR count). The molecule has 0 aliphatic carbocycles. The number of nitrogens with zero attached hydrogens (tertiary/aromatic N) is 3. The fraction of sp³-hybridized carbons (Fsp3) is 0.450. The molecule has 27 heavy (non-hydrogen) atoms. The first-order valence-electron chi connectivity index (χ1n) is 9.03. The first kappa shape index (κ1) is 18.8. The van der Waals surface area contributed by atoms with E-state index in [0.29, 0.717) is 37.7 Å². The van der Waals surface area contributed by atoms with Gasteiger partial charge in [0.1, 0.15) is 11.8 Å². The second-order valence-electron chi connectivity index (χ2n) is 7.05. The van der Waals surface area contributed by atoms with Gasteiger partial charge in [-0.2, -0.15) is 10.2 Å². The summed E-state index contributed by atoms with van der Waals surface area (Å²) in [5.41, 5.74) is 8.90. The first-order valence-corrected chi connectivity index (χ1v) is 9.03. The van der Waals surface area contributed by atoms with Crippen LogP contribution < -0.4 is 15.4 Å². The molecule has 1 aromatic carbocycles. The minimum atomic E-state index is -0.273. The number of hydrogen-bond donors (Lipinski definition) is 1. The first-order chi connectivity index (χ1) is 12.9. The Kier molecular flexibility index (Phi) is 5.36. The average molecular weight is 368 g/mol. The van der Waals surface area contributed by atoms with E-state index in [2.05, 4.69) is 23.2 Å². The maximum Gasteiger partial charge on any atom is 0.236 e. The smallest absolute Gasteiger partial charge is 0.236 e. The summed E-state index contributed by atoms with van der Waals surface area (Å²) in [5.74, 6) is 1.21. The molecule has 2 N–H and O–H groups in total. The van der Waals surface area contributed by atoms with Gasteiger partial charge in [0, 0.05) is 19.0 Å². The highest BCUT2D eigenvalue weighted by atomic mass is 16.5. The number of piperidine rings is 1. The number of carbonyl (C=O) groups excluding carboxylic acids is 1. The summed E-state index contributed by atoms with van der Waals surface area (Å²) in [4.78, 5) is 17.5. The van der Waals surface area contributed by atoms with Gasteiger partial charge in [0.05, 0.1) is 0 Å². The SMILES string of the molecule is Cc1cc(C)c(OCc2nc(C#N)c(N3CCC(C(N)=O)CC3)o2)c(C)c1. The maximum atomic E-state index is 11.3. The number of nitrogens with two attached hydrogens (primary N) is 1. The molecular formula is C20H24N4O3. The molecule has 0 spiro atoms. The minimum Gasteiger partial charge on any atom is -0.483 e. The van der Waals surface area contributed by atoms with Crippen LogP contribution in [-0.4, -0.2) is 24.0 Å². The van der Waals surface area contributed by atoms with Crippen molar-refractivity contribution in [3.05, 3.63) is 40.4 Å². The van der Waals surface area contributed by atoms with Crippen LogP contribution in [0.1, 0.15) is 41.1 Å². The van der Waals surface area contributed by atoms with E-state index >= 15 is 0 Å². The van der Waals surface area contributed by atoms with E-state index in [9.17, 15) is 10.1 Å². The third-order valence-electron chi connectivity index (χ3n) is 4.89. The van der Waals surface area contributed by atoms with Gasteiger partial charge in [-0.15, -0.1) is 0 Å². The zero-order valence-electron chi connectivity index (χ0n) is 15.9. The van der Waals surface area contributed by atoms with Crippen molar-refractivity contribution >= 4 is 11.8 Å². The molecule has 1 amide bonds. The standard InChI is InChI=1S/C20H24N4O3/c1-12-8-13(2)18(14(3)9-12)26-11-17-23-16(10-21)20(27-17)24-6-4-15(5-7-24)19(22)25/h8-9,15H,4-7,11H2,1-3H3,(H2,22,25). The van der Waals surface area contributed by atoms with Gasteiger partial charge < -0.3 is 19.8 Å². The van der Waals surface area contributed by atoms with Crippen molar-refractivity contribution < 1.29 is 13.9 Å². The average Bonchev–Trinajstić information content (AvgIpc) is 3.04. The lowest BCUT2D eigenvalue weighted by molar-refractivity contribution is -0.122. The molecule has 0 atom stereocenters. The number of nitriles is 1. The molecule has 1 fully saturated rings. The largest absolute Gasteiger partial charge is 0.483 e. The van der Waals surface area contributed by atoms with Crippen LogP contribution in [0.5, 0.6) is 5.75 Å². The molecule has 2 heterocycles. The summed E-state index contributed by atoms with van der Waals surface area (Å²) >= 11 is 0. The van der Waals surface area contributed by atoms with E-state index in [4.69, 9.17) is 14.9 Å². The van der Waals surface area contributed by atoms with Crippen molar-refractivity contribution in [1.29, 1.82) is 5.26 Å². The lowest BCUT2D eigenvalue weighted by Crippen LogP contribution is -2.38. The maximum absolute atomic E-state index is 11.3. The third kappa shape index (κ3) is 4.05. The summed E-state index contributed by atoms with van der Waals surface area (Å²) in [7, 11) is 0. The van der Waals surface area contributed by atoms with E-state index in [1.807, 2.05) is 25.7 Å². The van der Waals surface area contributed by atoms with Crippen molar-refractivity contribution in [3.8, 4) is 11.8 Å². The lowest BCUT2D eigenvalue weighted by atomic mass is 9.96. The van der Waals surface area contributed by atoms with E-state index in [0.717, 1.165) is 16.9 Å². The zero-order chi connectivity index (χ0) is 19.6. The second-order valence-corrected chi connectivity index (χ2v) is 7.05. The fourth-order valence-corrected chi connectivity index (χ4v) is 3.60. The fourth-order valence-electron chi connectivity index (χ4n) is 3.60. The van der Waals surface area contributed by atoms with Crippen LogP contribution in [0.25, 0.3) is 0 Å². The Morgan fingerprint density at radius 1 is 1.33 bits per heavy atom. The zero-order valence-corrected chi connectivity index (χ0v) is 15.9. The van der Waals surface area contributed by atoms with Crippen LogP contribution in [0.2, 0.25) is 0 Å². The Balaban J connectivity index is 1.72. The molecule has 7 heteroatoms. The Bertz CT molecular complexity index is 866. The summed E-state index contributed by atoms with van der Waals surface area (Å²) in [6, 6.07) is 6.21. The van der Waals surface area contributed by atoms with Crippen LogP contribution in [0.3, 0.4) is 0 Å². The molecule has 1 aromatic heterocycles. The van der Waals surface area contributed by atoms with Crippen molar-refractivity contribution in [2.45, 2.75) is 40.2 Å². The number of amides is 1. The summed E-state index contributed by atoms with van der Waals surface area (Å²) < 4.78 is 11.7. The van der Waals surface area contributed by atoms with Crippen molar-refractivity contribution in [3.63, 3.8) is 0 Å². The van der Waals surface area contributed by atoms with E-state index < -0.39 is 0 Å². The number of carbonyl (C=O) groups is 1. The number of primary amides is 1.